The van der Waals surface area contributed by atoms with Gasteiger partial charge in [-0.3, -0.25) is 0 Å². The number of hydrogen-bond acceptors (Lipinski definition) is 10. The summed E-state index contributed by atoms with van der Waals surface area (Å²) in [6, 6.07) is 14.3. The summed E-state index contributed by atoms with van der Waals surface area (Å²) in [5, 5.41) is 11.6. The van der Waals surface area contributed by atoms with Crippen LogP contribution in [0, 0.1) is 0 Å². The van der Waals surface area contributed by atoms with Gasteiger partial charge in [-0.05, 0) is 29.8 Å². The fourth-order valence-corrected chi connectivity index (χ4v) is 4.79. The van der Waals surface area contributed by atoms with E-state index in [2.05, 4.69) is 25.5 Å². The number of nitrogens with zero attached hydrogens (tertiary/aromatic N) is 7. The number of benzene rings is 2. The number of fused-ring (bicyclic) bond motifs is 1. The van der Waals surface area contributed by atoms with Crippen LogP contribution in [0.5, 0.6) is 11.5 Å². The summed E-state index contributed by atoms with van der Waals surface area (Å²) in [4.78, 5) is 25.7. The number of carbonyl (C=O) groups is 1. The molecule has 0 radical (unpaired) electrons. The van der Waals surface area contributed by atoms with Crippen molar-refractivity contribution in [3.8, 4) is 11.5 Å². The lowest BCUT2D eigenvalue weighted by Crippen LogP contribution is -2.33. The van der Waals surface area contributed by atoms with Gasteiger partial charge in [0.2, 0.25) is 0 Å². The van der Waals surface area contributed by atoms with Crippen molar-refractivity contribution in [1.82, 2.24) is 34.8 Å². The third kappa shape index (κ3) is 6.79. The van der Waals surface area contributed by atoms with Gasteiger partial charge in [-0.1, -0.05) is 23.7 Å². The molecular weight excluding hydrogens is 574 g/mol. The molecule has 43 heavy (non-hydrogen) atoms. The highest BCUT2D eigenvalue weighted by atomic mass is 35.5. The molecular formula is C29H32ClN9O4. The molecule has 2 aromatic carbocycles. The second-order valence-corrected chi connectivity index (χ2v) is 10.2. The van der Waals surface area contributed by atoms with Crippen LogP contribution in [0.2, 0.25) is 5.15 Å². The molecule has 0 aliphatic rings. The van der Waals surface area contributed by atoms with Gasteiger partial charge in [-0.25, -0.2) is 19.3 Å². The average Bonchev–Trinajstić information content (AvgIpc) is 3.63. The van der Waals surface area contributed by atoms with Crippen molar-refractivity contribution in [3.05, 3.63) is 83.0 Å². The van der Waals surface area contributed by atoms with Gasteiger partial charge in [0, 0.05) is 44.0 Å². The third-order valence-electron chi connectivity index (χ3n) is 6.77. The molecule has 224 valence electrons. The van der Waals surface area contributed by atoms with Crippen LogP contribution in [0.25, 0.3) is 11.2 Å². The van der Waals surface area contributed by atoms with Crippen molar-refractivity contribution in [2.24, 2.45) is 7.05 Å². The summed E-state index contributed by atoms with van der Waals surface area (Å²) in [7, 11) is 6.82. The summed E-state index contributed by atoms with van der Waals surface area (Å²) in [6.07, 6.45) is 2.44. The monoisotopic (exact) mass is 605 g/mol. The minimum absolute atomic E-state index is 0.115. The van der Waals surface area contributed by atoms with Crippen LogP contribution < -0.4 is 25.4 Å². The van der Waals surface area contributed by atoms with Crippen molar-refractivity contribution in [2.45, 2.75) is 19.3 Å². The smallest absolute Gasteiger partial charge is 0.328 e. The topological polar surface area (TPSA) is 147 Å². The third-order valence-corrected chi connectivity index (χ3v) is 6.97. The lowest BCUT2D eigenvalue weighted by Gasteiger charge is -2.21. The largest absolute Gasteiger partial charge is 0.497 e. The Morgan fingerprint density at radius 2 is 2.00 bits per heavy atom. The molecule has 0 aliphatic carbocycles. The molecule has 5 aromatic rings. The molecule has 0 aliphatic heterocycles. The van der Waals surface area contributed by atoms with E-state index in [0.717, 1.165) is 11.1 Å². The Labute approximate surface area is 253 Å². The van der Waals surface area contributed by atoms with Crippen molar-refractivity contribution >= 4 is 40.2 Å². The minimum atomic E-state index is -0.577. The number of carbonyl (C=O) groups excluding carboxylic acids is 1. The van der Waals surface area contributed by atoms with Gasteiger partial charge < -0.3 is 30.2 Å². The molecule has 3 N–H and O–H groups in total. The van der Waals surface area contributed by atoms with E-state index >= 15 is 0 Å². The zero-order valence-electron chi connectivity index (χ0n) is 24.2. The van der Waals surface area contributed by atoms with Gasteiger partial charge in [0.1, 0.15) is 40.3 Å². The van der Waals surface area contributed by atoms with E-state index in [9.17, 15) is 4.79 Å². The highest BCUT2D eigenvalue weighted by Gasteiger charge is 2.21. The van der Waals surface area contributed by atoms with Crippen LogP contribution >= 0.6 is 11.6 Å². The molecule has 13 nitrogen and oxygen atoms in total. The highest BCUT2D eigenvalue weighted by Crippen LogP contribution is 2.31. The quantitative estimate of drug-likeness (QED) is 0.167. The number of nitrogens with one attached hydrogen (secondary N) is 1. The van der Waals surface area contributed by atoms with Gasteiger partial charge in [0.25, 0.3) is 0 Å². The van der Waals surface area contributed by atoms with Crippen LogP contribution in [0.4, 0.5) is 16.2 Å². The summed E-state index contributed by atoms with van der Waals surface area (Å²) in [5.74, 6) is 1.38. The number of imidazole rings is 1. The number of rotatable bonds is 11. The number of hydrogen-bond donors (Lipinski definition) is 2. The molecule has 3 heterocycles. The van der Waals surface area contributed by atoms with E-state index < -0.39 is 12.1 Å². The zero-order valence-corrected chi connectivity index (χ0v) is 24.9. The molecule has 1 unspecified atom stereocenters. The number of pyridine rings is 1. The first-order valence-corrected chi connectivity index (χ1v) is 13.7. The van der Waals surface area contributed by atoms with E-state index in [-0.39, 0.29) is 18.3 Å². The Balaban J connectivity index is 1.34. The molecule has 1 amide bonds. The van der Waals surface area contributed by atoms with Gasteiger partial charge in [-0.2, -0.15) is 15.0 Å². The molecule has 0 bridgehead atoms. The van der Waals surface area contributed by atoms with Gasteiger partial charge >= 0.3 is 6.03 Å². The van der Waals surface area contributed by atoms with Crippen LogP contribution in [-0.4, -0.2) is 63.4 Å². The van der Waals surface area contributed by atoms with E-state index in [0.29, 0.717) is 46.3 Å². The molecule has 3 aromatic heterocycles. The zero-order chi connectivity index (χ0) is 30.5. The Morgan fingerprint density at radius 3 is 2.72 bits per heavy atom. The first-order chi connectivity index (χ1) is 20.7. The predicted molar refractivity (Wildman–Crippen MR) is 162 cm³/mol. The van der Waals surface area contributed by atoms with E-state index in [4.69, 9.17) is 31.5 Å². The summed E-state index contributed by atoms with van der Waals surface area (Å²) in [6.45, 7) is 0.859. The lowest BCUT2D eigenvalue weighted by molar-refractivity contribution is 0.0383. The molecule has 0 spiro atoms. The molecule has 0 saturated heterocycles. The number of anilines is 2. The maximum atomic E-state index is 13.4. The second kappa shape index (κ2) is 13.0. The number of methoxy groups -OCH3 is 2. The maximum absolute atomic E-state index is 13.4. The normalized spacial score (nSPS) is 11.8. The standard InChI is InChI=1S/C29H32ClN9O4/c1-37(15-19-8-9-21(41-3)11-24(19)42-4)23-12-26(30)35-28-27(23)33-17-39(28)29(40)32-14-25(22-13-34-38(2)36-22)43-16-18-6-5-7-20(31)10-18/h5-13,17,25H,14-16,31H2,1-4H3,(H,32,40). The van der Waals surface area contributed by atoms with E-state index in [1.165, 1.54) is 15.7 Å². The van der Waals surface area contributed by atoms with Crippen molar-refractivity contribution in [1.29, 1.82) is 0 Å². The van der Waals surface area contributed by atoms with Crippen LogP contribution in [0.3, 0.4) is 0 Å². The van der Waals surface area contributed by atoms with Gasteiger partial charge in [-0.15, -0.1) is 0 Å². The Morgan fingerprint density at radius 1 is 1.16 bits per heavy atom. The SMILES string of the molecule is COc1ccc(CN(C)c2cc(Cl)nc3c2ncn3C(=O)NCC(OCc2cccc(N)c2)c2cnn(C)n2)c(OC)c1. The summed E-state index contributed by atoms with van der Waals surface area (Å²) in [5.41, 5.74) is 10.4. The molecule has 1 atom stereocenters. The van der Waals surface area contributed by atoms with Crippen LogP contribution in [0.1, 0.15) is 22.9 Å². The number of aromatic nitrogens is 6. The van der Waals surface area contributed by atoms with Crippen molar-refractivity contribution in [2.75, 3.05) is 38.4 Å². The summed E-state index contributed by atoms with van der Waals surface area (Å²) < 4.78 is 18.3. The van der Waals surface area contributed by atoms with Crippen LogP contribution in [-0.2, 0) is 24.9 Å². The lowest BCUT2D eigenvalue weighted by atomic mass is 10.1. The molecule has 0 saturated carbocycles. The number of amides is 1. The predicted octanol–water partition coefficient (Wildman–Crippen LogP) is 3.96. The fourth-order valence-electron chi connectivity index (χ4n) is 4.61. The fraction of sp³-hybridized carbons (Fsp3) is 0.276. The number of aryl methyl sites for hydroxylation is 1. The number of halogens is 1. The number of nitrogen functional groups attached to an aromatic ring is 1. The van der Waals surface area contributed by atoms with Gasteiger partial charge in [0.05, 0.1) is 39.3 Å². The molecule has 5 rings (SSSR count). The molecule has 14 heteroatoms. The minimum Gasteiger partial charge on any atom is -0.497 e. The van der Waals surface area contributed by atoms with Crippen molar-refractivity contribution in [3.63, 3.8) is 0 Å². The first kappa shape index (κ1) is 29.6. The molecule has 0 fully saturated rings. The Bertz CT molecular complexity index is 1740. The summed E-state index contributed by atoms with van der Waals surface area (Å²) >= 11 is 6.42. The van der Waals surface area contributed by atoms with E-state index in [1.807, 2.05) is 48.3 Å². The second-order valence-electron chi connectivity index (χ2n) is 9.77. The Hall–Kier alpha value is -4.88. The number of nitrogens with two attached hydrogens (primary N) is 1. The van der Waals surface area contributed by atoms with Gasteiger partial charge in [0.15, 0.2) is 5.65 Å². The maximum Gasteiger partial charge on any atom is 0.328 e. The average molecular weight is 606 g/mol. The number of ether oxygens (including phenoxy) is 3. The first-order valence-electron chi connectivity index (χ1n) is 13.3. The van der Waals surface area contributed by atoms with Crippen molar-refractivity contribution < 1.29 is 19.0 Å². The highest BCUT2D eigenvalue weighted by molar-refractivity contribution is 6.30. The van der Waals surface area contributed by atoms with E-state index in [1.54, 1.807) is 39.6 Å². The Kier molecular flexibility index (Phi) is 8.93. The van der Waals surface area contributed by atoms with Crippen LogP contribution in [0.15, 0.2) is 61.1 Å².